The molecule has 0 aliphatic carbocycles. The molecule has 2 aromatic carbocycles. The van der Waals surface area contributed by atoms with E-state index in [1.54, 1.807) is 0 Å². The van der Waals surface area contributed by atoms with Gasteiger partial charge in [-0.3, -0.25) is 14.9 Å². The van der Waals surface area contributed by atoms with E-state index in [4.69, 9.17) is 33.1 Å². The van der Waals surface area contributed by atoms with Gasteiger partial charge in [0.25, 0.3) is 0 Å². The van der Waals surface area contributed by atoms with E-state index in [1.165, 1.54) is 24.3 Å². The average Bonchev–Trinajstić information content (AvgIpc) is 3.25. The number of hydrogen-bond acceptors (Lipinski definition) is 4. The lowest BCUT2D eigenvalue weighted by molar-refractivity contribution is -0.192. The van der Waals surface area contributed by atoms with E-state index in [0.29, 0.717) is 6.42 Å². The number of carboxylic acid groups (broad SMARTS) is 2. The third-order valence-corrected chi connectivity index (χ3v) is 7.11. The Labute approximate surface area is 229 Å². The third kappa shape index (κ3) is 5.68. The quantitative estimate of drug-likeness (QED) is 0.336. The van der Waals surface area contributed by atoms with Crippen molar-refractivity contribution >= 4 is 46.7 Å². The number of halogens is 7. The number of anilines is 1. The van der Waals surface area contributed by atoms with Gasteiger partial charge in [-0.05, 0) is 41.2 Å². The lowest BCUT2D eigenvalue weighted by Gasteiger charge is -2.37. The third-order valence-electron chi connectivity index (χ3n) is 6.53. The number of alkyl halides is 3. The molecule has 1 spiro atoms. The normalized spacial score (nSPS) is 24.2. The van der Waals surface area contributed by atoms with Crippen LogP contribution < -0.4 is 10.6 Å². The first-order valence-electron chi connectivity index (χ1n) is 11.4. The summed E-state index contributed by atoms with van der Waals surface area (Å²) in [7, 11) is 0. The Hall–Kier alpha value is -2.96. The summed E-state index contributed by atoms with van der Waals surface area (Å²) in [6.45, 7) is 5.84. The van der Waals surface area contributed by atoms with Crippen molar-refractivity contribution in [3.63, 3.8) is 0 Å². The molecule has 2 aliphatic rings. The number of rotatable bonds is 3. The van der Waals surface area contributed by atoms with E-state index in [-0.39, 0.29) is 32.3 Å². The predicted octanol–water partition coefficient (Wildman–Crippen LogP) is 5.74. The van der Waals surface area contributed by atoms with Gasteiger partial charge in [-0.1, -0.05) is 56.1 Å². The number of carbonyl (C=O) groups is 3. The van der Waals surface area contributed by atoms with Gasteiger partial charge in [0.2, 0.25) is 5.91 Å². The summed E-state index contributed by atoms with van der Waals surface area (Å²) in [4.78, 5) is 34.9. The molecule has 14 heteroatoms. The molecular formula is C25H23Cl2F5N2O5. The first-order chi connectivity index (χ1) is 17.8. The highest BCUT2D eigenvalue weighted by Crippen LogP contribution is 2.57. The van der Waals surface area contributed by atoms with Crippen LogP contribution in [0.4, 0.5) is 27.6 Å². The summed E-state index contributed by atoms with van der Waals surface area (Å²) in [5.41, 5.74) is -1.42. The number of carboxylic acids is 2. The minimum Gasteiger partial charge on any atom is -0.480 e. The monoisotopic (exact) mass is 596 g/mol. The smallest absolute Gasteiger partial charge is 0.480 e. The van der Waals surface area contributed by atoms with Crippen molar-refractivity contribution in [2.45, 2.75) is 56.8 Å². The minimum absolute atomic E-state index is 0.0211. The minimum atomic E-state index is -5.08. The molecule has 4 atom stereocenters. The van der Waals surface area contributed by atoms with Crippen molar-refractivity contribution in [2.75, 3.05) is 5.32 Å². The molecule has 2 aliphatic heterocycles. The van der Waals surface area contributed by atoms with Crippen LogP contribution in [-0.2, 0) is 19.8 Å². The summed E-state index contributed by atoms with van der Waals surface area (Å²) in [6.07, 6.45) is -4.72. The van der Waals surface area contributed by atoms with E-state index < -0.39 is 59.1 Å². The molecule has 2 heterocycles. The van der Waals surface area contributed by atoms with Gasteiger partial charge in [-0.25, -0.2) is 13.6 Å². The van der Waals surface area contributed by atoms with E-state index in [0.717, 1.165) is 6.07 Å². The maximum atomic E-state index is 15.3. The molecule has 7 nitrogen and oxygen atoms in total. The van der Waals surface area contributed by atoms with Crippen LogP contribution in [0.15, 0.2) is 30.3 Å². The molecule has 4 rings (SSSR count). The number of carbonyl (C=O) groups excluding carboxylic acids is 1. The van der Waals surface area contributed by atoms with Crippen LogP contribution in [-0.4, -0.2) is 46.3 Å². The molecule has 39 heavy (non-hydrogen) atoms. The standard InChI is InChI=1S/C23H22Cl2F2N2O3.C2HF3O2/c1-22(2,3)9-16-23(11-7-14(26)13(25)8-15(11)28-21(23)32)17(19(29-16)20(30)31)10-5-4-6-12(24)18(10)27;3-2(4,5)1(6)7/h4-8,16-17,19,29H,9H2,1-3H3,(H,28,32)(H,30,31);(H,6,7). The Morgan fingerprint density at radius 3 is 2.15 bits per heavy atom. The topological polar surface area (TPSA) is 116 Å². The fraction of sp³-hybridized carbons (Fsp3) is 0.400. The zero-order valence-corrected chi connectivity index (χ0v) is 22.1. The van der Waals surface area contributed by atoms with Crippen LogP contribution in [0.5, 0.6) is 0 Å². The zero-order chi connectivity index (χ0) is 29.7. The molecule has 212 valence electrons. The molecule has 0 aromatic heterocycles. The lowest BCUT2D eigenvalue weighted by atomic mass is 9.62. The molecule has 4 unspecified atom stereocenters. The molecule has 1 fully saturated rings. The summed E-state index contributed by atoms with van der Waals surface area (Å²) >= 11 is 12.0. The van der Waals surface area contributed by atoms with Crippen molar-refractivity contribution in [3.8, 4) is 0 Å². The van der Waals surface area contributed by atoms with Crippen LogP contribution in [0.25, 0.3) is 0 Å². The second-order valence-corrected chi connectivity index (χ2v) is 11.2. The highest BCUT2D eigenvalue weighted by atomic mass is 35.5. The van der Waals surface area contributed by atoms with Gasteiger partial charge < -0.3 is 15.5 Å². The van der Waals surface area contributed by atoms with Crippen LogP contribution >= 0.6 is 23.2 Å². The summed E-state index contributed by atoms with van der Waals surface area (Å²) < 4.78 is 61.6. The van der Waals surface area contributed by atoms with Crippen molar-refractivity contribution in [1.29, 1.82) is 0 Å². The van der Waals surface area contributed by atoms with Crippen LogP contribution in [0.2, 0.25) is 10.0 Å². The number of fused-ring (bicyclic) bond motifs is 2. The largest absolute Gasteiger partial charge is 0.490 e. The van der Waals surface area contributed by atoms with Crippen molar-refractivity contribution in [1.82, 2.24) is 5.32 Å². The molecule has 2 aromatic rings. The number of hydrogen-bond donors (Lipinski definition) is 4. The molecule has 0 radical (unpaired) electrons. The Balaban J connectivity index is 0.000000532. The molecule has 0 saturated carbocycles. The Bertz CT molecular complexity index is 1330. The molecule has 1 saturated heterocycles. The number of aliphatic carboxylic acids is 2. The molecule has 0 bridgehead atoms. The van der Waals surface area contributed by atoms with Gasteiger partial charge in [0, 0.05) is 17.6 Å². The average molecular weight is 597 g/mol. The zero-order valence-electron chi connectivity index (χ0n) is 20.6. The fourth-order valence-corrected chi connectivity index (χ4v) is 5.50. The van der Waals surface area contributed by atoms with Crippen LogP contribution in [0.3, 0.4) is 0 Å². The van der Waals surface area contributed by atoms with E-state index in [2.05, 4.69) is 10.6 Å². The SMILES string of the molecule is CC(C)(C)CC1NC(C(=O)O)C(c2cccc(Cl)c2F)C12C(=O)Nc1cc(Cl)c(F)cc12.O=C(O)C(F)(F)F. The Morgan fingerprint density at radius 1 is 1.05 bits per heavy atom. The highest BCUT2D eigenvalue weighted by molar-refractivity contribution is 6.31. The maximum Gasteiger partial charge on any atom is 0.490 e. The number of nitrogens with one attached hydrogen (secondary N) is 2. The Kier molecular flexibility index (Phi) is 8.27. The van der Waals surface area contributed by atoms with E-state index >= 15 is 4.39 Å². The van der Waals surface area contributed by atoms with Gasteiger partial charge in [0.15, 0.2) is 0 Å². The number of benzene rings is 2. The van der Waals surface area contributed by atoms with E-state index in [1.807, 2.05) is 20.8 Å². The van der Waals surface area contributed by atoms with Crippen LogP contribution in [0, 0.1) is 17.0 Å². The first-order valence-corrected chi connectivity index (χ1v) is 12.1. The van der Waals surface area contributed by atoms with Crippen molar-refractivity contribution in [2.24, 2.45) is 5.41 Å². The summed E-state index contributed by atoms with van der Waals surface area (Å²) in [6, 6.07) is 4.67. The molecule has 1 amide bonds. The number of amides is 1. The summed E-state index contributed by atoms with van der Waals surface area (Å²) in [5, 5.41) is 22.6. The van der Waals surface area contributed by atoms with Crippen LogP contribution in [0.1, 0.15) is 44.2 Å². The second kappa shape index (κ2) is 10.5. The molecular weight excluding hydrogens is 574 g/mol. The van der Waals surface area contributed by atoms with Gasteiger partial charge in [0.05, 0.1) is 10.0 Å². The summed E-state index contributed by atoms with van der Waals surface area (Å²) in [5.74, 6) is -7.29. The molecule has 4 N–H and O–H groups in total. The van der Waals surface area contributed by atoms with Gasteiger partial charge in [-0.15, -0.1) is 0 Å². The van der Waals surface area contributed by atoms with Gasteiger partial charge in [0.1, 0.15) is 23.1 Å². The first kappa shape index (κ1) is 30.6. The lowest BCUT2D eigenvalue weighted by Crippen LogP contribution is -2.49. The predicted molar refractivity (Wildman–Crippen MR) is 132 cm³/mol. The van der Waals surface area contributed by atoms with E-state index in [9.17, 15) is 32.3 Å². The Morgan fingerprint density at radius 2 is 1.64 bits per heavy atom. The highest BCUT2D eigenvalue weighted by Gasteiger charge is 2.66. The second-order valence-electron chi connectivity index (χ2n) is 10.4. The fourth-order valence-electron chi connectivity index (χ4n) is 5.15. The van der Waals surface area contributed by atoms with Crippen molar-refractivity contribution < 1.29 is 46.5 Å². The van der Waals surface area contributed by atoms with Gasteiger partial charge >= 0.3 is 18.1 Å². The van der Waals surface area contributed by atoms with Gasteiger partial charge in [-0.2, -0.15) is 13.2 Å². The van der Waals surface area contributed by atoms with Crippen molar-refractivity contribution in [3.05, 3.63) is 63.1 Å². The maximum absolute atomic E-state index is 15.3.